The molecular formula is C18H21ClO2. The standard InChI is InChI=1S/C18H21ClO2/c1-11(2)15-9-18(13(4)8-16(15)19)21-17-6-5-12(3)7-14(17)10-20/h5-9,11,20H,10H2,1-4H3. The third-order valence-electron chi connectivity index (χ3n) is 3.52. The average molecular weight is 305 g/mol. The van der Waals surface area contributed by atoms with Gasteiger partial charge in [0, 0.05) is 10.6 Å². The first kappa shape index (κ1) is 15.9. The van der Waals surface area contributed by atoms with E-state index in [1.54, 1.807) is 0 Å². The smallest absolute Gasteiger partial charge is 0.132 e. The van der Waals surface area contributed by atoms with Crippen molar-refractivity contribution in [2.75, 3.05) is 0 Å². The van der Waals surface area contributed by atoms with Gasteiger partial charge in [-0.25, -0.2) is 0 Å². The van der Waals surface area contributed by atoms with Crippen molar-refractivity contribution in [3.8, 4) is 11.5 Å². The molecule has 0 bridgehead atoms. The molecule has 0 aliphatic heterocycles. The van der Waals surface area contributed by atoms with E-state index in [0.717, 1.165) is 33.0 Å². The summed E-state index contributed by atoms with van der Waals surface area (Å²) < 4.78 is 6.01. The second-order valence-electron chi connectivity index (χ2n) is 5.67. The molecule has 0 amide bonds. The molecule has 0 spiro atoms. The van der Waals surface area contributed by atoms with Gasteiger partial charge in [0.25, 0.3) is 0 Å². The molecule has 2 nitrogen and oxygen atoms in total. The third-order valence-corrected chi connectivity index (χ3v) is 3.85. The first-order valence-corrected chi connectivity index (χ1v) is 7.48. The van der Waals surface area contributed by atoms with Gasteiger partial charge in [-0.3, -0.25) is 0 Å². The summed E-state index contributed by atoms with van der Waals surface area (Å²) in [6, 6.07) is 9.72. The van der Waals surface area contributed by atoms with Gasteiger partial charge in [-0.15, -0.1) is 0 Å². The van der Waals surface area contributed by atoms with Crippen LogP contribution in [0.15, 0.2) is 30.3 Å². The maximum atomic E-state index is 9.48. The summed E-state index contributed by atoms with van der Waals surface area (Å²) in [4.78, 5) is 0. The van der Waals surface area contributed by atoms with Gasteiger partial charge in [-0.05, 0) is 49.1 Å². The first-order valence-electron chi connectivity index (χ1n) is 7.10. The Morgan fingerprint density at radius 3 is 2.43 bits per heavy atom. The SMILES string of the molecule is Cc1ccc(Oc2cc(C(C)C)c(Cl)cc2C)c(CO)c1. The fourth-order valence-corrected chi connectivity index (χ4v) is 2.71. The molecule has 2 aromatic carbocycles. The van der Waals surface area contributed by atoms with E-state index < -0.39 is 0 Å². The largest absolute Gasteiger partial charge is 0.457 e. The van der Waals surface area contributed by atoms with Crippen LogP contribution in [0.5, 0.6) is 11.5 Å². The molecule has 0 atom stereocenters. The quantitative estimate of drug-likeness (QED) is 0.823. The van der Waals surface area contributed by atoms with Gasteiger partial charge in [0.1, 0.15) is 11.5 Å². The number of aryl methyl sites for hydroxylation is 2. The van der Waals surface area contributed by atoms with E-state index in [9.17, 15) is 5.11 Å². The zero-order valence-electron chi connectivity index (χ0n) is 12.9. The minimum Gasteiger partial charge on any atom is -0.457 e. The van der Waals surface area contributed by atoms with Gasteiger partial charge in [0.15, 0.2) is 0 Å². The van der Waals surface area contributed by atoms with Crippen molar-refractivity contribution in [2.24, 2.45) is 0 Å². The predicted molar refractivity (Wildman–Crippen MR) is 87.5 cm³/mol. The van der Waals surface area contributed by atoms with Crippen LogP contribution in [0.2, 0.25) is 5.02 Å². The molecule has 112 valence electrons. The van der Waals surface area contributed by atoms with Crippen LogP contribution < -0.4 is 4.74 Å². The average Bonchev–Trinajstić information content (AvgIpc) is 2.42. The minimum atomic E-state index is -0.0410. The molecule has 21 heavy (non-hydrogen) atoms. The molecule has 0 saturated heterocycles. The molecule has 0 fully saturated rings. The van der Waals surface area contributed by atoms with Crippen LogP contribution >= 0.6 is 11.6 Å². The number of ether oxygens (including phenoxy) is 1. The van der Waals surface area contributed by atoms with Crippen molar-refractivity contribution in [3.05, 3.63) is 57.6 Å². The van der Waals surface area contributed by atoms with E-state index in [2.05, 4.69) is 13.8 Å². The van der Waals surface area contributed by atoms with Crippen LogP contribution in [-0.2, 0) is 6.61 Å². The Hall–Kier alpha value is -1.51. The normalized spacial score (nSPS) is 11.0. The van der Waals surface area contributed by atoms with Crippen LogP contribution in [0.4, 0.5) is 0 Å². The molecule has 0 unspecified atom stereocenters. The molecule has 3 heteroatoms. The van der Waals surface area contributed by atoms with Crippen molar-refractivity contribution < 1.29 is 9.84 Å². The summed E-state index contributed by atoms with van der Waals surface area (Å²) in [5.41, 5.74) is 3.93. The summed E-state index contributed by atoms with van der Waals surface area (Å²) in [5.74, 6) is 1.79. The van der Waals surface area contributed by atoms with E-state index in [1.165, 1.54) is 0 Å². The van der Waals surface area contributed by atoms with E-state index >= 15 is 0 Å². The summed E-state index contributed by atoms with van der Waals surface area (Å²) in [7, 11) is 0. The van der Waals surface area contributed by atoms with E-state index in [0.29, 0.717) is 11.7 Å². The van der Waals surface area contributed by atoms with Gasteiger partial charge >= 0.3 is 0 Å². The lowest BCUT2D eigenvalue weighted by atomic mass is 10.0. The maximum absolute atomic E-state index is 9.48. The van der Waals surface area contributed by atoms with Gasteiger partial charge < -0.3 is 9.84 Å². The van der Waals surface area contributed by atoms with Gasteiger partial charge in [-0.1, -0.05) is 43.1 Å². The Morgan fingerprint density at radius 1 is 1.10 bits per heavy atom. The molecule has 0 radical (unpaired) electrons. The van der Waals surface area contributed by atoms with Crippen LogP contribution in [0.3, 0.4) is 0 Å². The lowest BCUT2D eigenvalue weighted by Gasteiger charge is -2.16. The highest BCUT2D eigenvalue weighted by molar-refractivity contribution is 6.31. The molecule has 0 saturated carbocycles. The first-order chi connectivity index (χ1) is 9.92. The number of halogens is 1. The van der Waals surface area contributed by atoms with E-state index in [1.807, 2.05) is 44.2 Å². The zero-order valence-corrected chi connectivity index (χ0v) is 13.7. The third kappa shape index (κ3) is 3.58. The lowest BCUT2D eigenvalue weighted by molar-refractivity contribution is 0.276. The van der Waals surface area contributed by atoms with Crippen LogP contribution in [-0.4, -0.2) is 5.11 Å². The van der Waals surface area contributed by atoms with Crippen LogP contribution in [0.1, 0.15) is 42.0 Å². The number of hydrogen-bond donors (Lipinski definition) is 1. The minimum absolute atomic E-state index is 0.0410. The Balaban J connectivity index is 2.42. The lowest BCUT2D eigenvalue weighted by Crippen LogP contribution is -1.97. The van der Waals surface area contributed by atoms with Gasteiger partial charge in [0.2, 0.25) is 0 Å². The number of benzene rings is 2. The Kier molecular flexibility index (Phi) is 4.92. The summed E-state index contributed by atoms with van der Waals surface area (Å²) >= 11 is 6.28. The fraction of sp³-hybridized carbons (Fsp3) is 0.333. The molecule has 1 N–H and O–H groups in total. The topological polar surface area (TPSA) is 29.5 Å². The molecule has 2 rings (SSSR count). The van der Waals surface area contributed by atoms with E-state index in [-0.39, 0.29) is 6.61 Å². The van der Waals surface area contributed by atoms with Crippen LogP contribution in [0, 0.1) is 13.8 Å². The molecule has 0 heterocycles. The number of hydrogen-bond acceptors (Lipinski definition) is 2. The molecule has 0 aliphatic rings. The second kappa shape index (κ2) is 6.50. The predicted octanol–water partition coefficient (Wildman–Crippen LogP) is 5.36. The summed E-state index contributed by atoms with van der Waals surface area (Å²) in [6.45, 7) is 8.13. The monoisotopic (exact) mass is 304 g/mol. The highest BCUT2D eigenvalue weighted by atomic mass is 35.5. The number of aliphatic hydroxyl groups is 1. The summed E-state index contributed by atoms with van der Waals surface area (Å²) in [6.07, 6.45) is 0. The van der Waals surface area contributed by atoms with Crippen molar-refractivity contribution in [3.63, 3.8) is 0 Å². The fourth-order valence-electron chi connectivity index (χ4n) is 2.27. The number of aliphatic hydroxyl groups excluding tert-OH is 1. The van der Waals surface area contributed by atoms with Crippen molar-refractivity contribution >= 4 is 11.6 Å². The Labute approximate surface area is 131 Å². The zero-order chi connectivity index (χ0) is 15.6. The summed E-state index contributed by atoms with van der Waals surface area (Å²) in [5, 5.41) is 10.2. The van der Waals surface area contributed by atoms with Gasteiger partial charge in [-0.2, -0.15) is 0 Å². The highest BCUT2D eigenvalue weighted by Gasteiger charge is 2.12. The second-order valence-corrected chi connectivity index (χ2v) is 6.07. The van der Waals surface area contributed by atoms with Crippen molar-refractivity contribution in [1.82, 2.24) is 0 Å². The van der Waals surface area contributed by atoms with Crippen molar-refractivity contribution in [2.45, 2.75) is 40.2 Å². The maximum Gasteiger partial charge on any atom is 0.132 e. The Bertz CT molecular complexity index is 648. The van der Waals surface area contributed by atoms with E-state index in [4.69, 9.17) is 16.3 Å². The molecule has 0 aromatic heterocycles. The van der Waals surface area contributed by atoms with Crippen LogP contribution in [0.25, 0.3) is 0 Å². The highest BCUT2D eigenvalue weighted by Crippen LogP contribution is 2.35. The van der Waals surface area contributed by atoms with Crippen molar-refractivity contribution in [1.29, 1.82) is 0 Å². The molecular weight excluding hydrogens is 284 g/mol. The number of rotatable bonds is 4. The molecule has 2 aromatic rings. The Morgan fingerprint density at radius 2 is 1.81 bits per heavy atom. The molecule has 0 aliphatic carbocycles. The van der Waals surface area contributed by atoms with Gasteiger partial charge in [0.05, 0.1) is 6.61 Å².